The number of nitrogen functional groups attached to an aromatic ring is 1. The van der Waals surface area contributed by atoms with Gasteiger partial charge in [0, 0.05) is 0 Å². The van der Waals surface area contributed by atoms with Gasteiger partial charge < -0.3 is 5.73 Å². The van der Waals surface area contributed by atoms with Crippen LogP contribution in [0.2, 0.25) is 0 Å². The quantitative estimate of drug-likeness (QED) is 0.865. The molecule has 0 radical (unpaired) electrons. The minimum atomic E-state index is 0.470. The van der Waals surface area contributed by atoms with Crippen molar-refractivity contribution in [3.8, 4) is 0 Å². The zero-order chi connectivity index (χ0) is 11.5. The Hall–Kier alpha value is -0.960. The average molecular weight is 234 g/mol. The molecular formula is C13H18N2S. The maximum absolute atomic E-state index is 5.70. The van der Waals surface area contributed by atoms with Crippen molar-refractivity contribution < 1.29 is 0 Å². The predicted molar refractivity (Wildman–Crippen MR) is 71.1 cm³/mol. The molecule has 1 aliphatic heterocycles. The topological polar surface area (TPSA) is 38.9 Å². The number of hydrogen-bond acceptors (Lipinski definition) is 3. The maximum atomic E-state index is 5.70. The standard InChI is InChI=1S/C13H18N2S/c1-9(2)8-10-6-7-12(16-10)11-4-3-5-13(14)15-11/h3-6,9,12H,7-8H2,1-2H3,(H2,14,15). The molecule has 0 fully saturated rings. The summed E-state index contributed by atoms with van der Waals surface area (Å²) < 4.78 is 0. The third-order valence-electron chi connectivity index (χ3n) is 2.58. The molecule has 16 heavy (non-hydrogen) atoms. The normalized spacial score (nSPS) is 20.2. The number of nitrogens with two attached hydrogens (primary N) is 1. The molecule has 2 rings (SSSR count). The fourth-order valence-electron chi connectivity index (χ4n) is 1.88. The van der Waals surface area contributed by atoms with Gasteiger partial charge in [-0.15, -0.1) is 11.8 Å². The van der Waals surface area contributed by atoms with E-state index in [1.807, 2.05) is 23.9 Å². The van der Waals surface area contributed by atoms with Crippen LogP contribution in [0, 0.1) is 5.92 Å². The number of nitrogens with zero attached hydrogens (tertiary/aromatic N) is 1. The van der Waals surface area contributed by atoms with Gasteiger partial charge in [0.25, 0.3) is 0 Å². The first-order valence-electron chi connectivity index (χ1n) is 5.73. The summed E-state index contributed by atoms with van der Waals surface area (Å²) in [6, 6.07) is 5.89. The van der Waals surface area contributed by atoms with Crippen molar-refractivity contribution in [2.24, 2.45) is 5.92 Å². The van der Waals surface area contributed by atoms with Crippen LogP contribution in [0.5, 0.6) is 0 Å². The Kier molecular flexibility index (Phi) is 3.54. The number of aromatic nitrogens is 1. The van der Waals surface area contributed by atoms with Gasteiger partial charge in [0.15, 0.2) is 0 Å². The van der Waals surface area contributed by atoms with Gasteiger partial charge in [0.1, 0.15) is 5.82 Å². The largest absolute Gasteiger partial charge is 0.384 e. The molecule has 0 saturated heterocycles. The summed E-state index contributed by atoms with van der Waals surface area (Å²) in [4.78, 5) is 5.90. The van der Waals surface area contributed by atoms with Crippen LogP contribution in [0.3, 0.4) is 0 Å². The van der Waals surface area contributed by atoms with Crippen LogP contribution in [-0.4, -0.2) is 4.98 Å². The van der Waals surface area contributed by atoms with Crippen LogP contribution >= 0.6 is 11.8 Å². The van der Waals surface area contributed by atoms with E-state index in [0.717, 1.165) is 18.0 Å². The average Bonchev–Trinajstić information content (AvgIpc) is 2.65. The smallest absolute Gasteiger partial charge is 0.123 e. The van der Waals surface area contributed by atoms with Crippen molar-refractivity contribution in [2.75, 3.05) is 5.73 Å². The van der Waals surface area contributed by atoms with Gasteiger partial charge in [-0.1, -0.05) is 26.0 Å². The lowest BCUT2D eigenvalue weighted by Crippen LogP contribution is -1.97. The summed E-state index contributed by atoms with van der Waals surface area (Å²) in [6.45, 7) is 4.51. The third kappa shape index (κ3) is 2.79. The zero-order valence-electron chi connectivity index (χ0n) is 9.81. The Morgan fingerprint density at radius 2 is 2.31 bits per heavy atom. The van der Waals surface area contributed by atoms with Crippen molar-refractivity contribution in [2.45, 2.75) is 31.9 Å². The second kappa shape index (κ2) is 4.91. The molecule has 1 aromatic heterocycles. The molecule has 0 bridgehead atoms. The molecule has 2 N–H and O–H groups in total. The first-order valence-corrected chi connectivity index (χ1v) is 6.61. The summed E-state index contributed by atoms with van der Waals surface area (Å²) in [5.41, 5.74) is 6.82. The van der Waals surface area contributed by atoms with Gasteiger partial charge in [-0.2, -0.15) is 0 Å². The molecule has 1 aliphatic rings. The zero-order valence-corrected chi connectivity index (χ0v) is 10.6. The molecule has 0 aliphatic carbocycles. The molecule has 1 aromatic rings. The SMILES string of the molecule is CC(C)CC1=CCC(c2cccc(N)n2)S1. The van der Waals surface area contributed by atoms with E-state index < -0.39 is 0 Å². The highest BCUT2D eigenvalue weighted by Crippen LogP contribution is 2.45. The summed E-state index contributed by atoms with van der Waals surface area (Å²) >= 11 is 1.94. The number of anilines is 1. The van der Waals surface area contributed by atoms with E-state index in [1.165, 1.54) is 11.3 Å². The van der Waals surface area contributed by atoms with Crippen molar-refractivity contribution in [3.05, 3.63) is 34.9 Å². The van der Waals surface area contributed by atoms with Crippen LogP contribution in [0.15, 0.2) is 29.2 Å². The molecule has 2 nitrogen and oxygen atoms in total. The molecular weight excluding hydrogens is 216 g/mol. The maximum Gasteiger partial charge on any atom is 0.123 e. The first-order chi connectivity index (χ1) is 7.65. The van der Waals surface area contributed by atoms with Crippen LogP contribution in [0.4, 0.5) is 5.82 Å². The van der Waals surface area contributed by atoms with Crippen molar-refractivity contribution >= 4 is 17.6 Å². The van der Waals surface area contributed by atoms with Gasteiger partial charge in [-0.05, 0) is 35.8 Å². The van der Waals surface area contributed by atoms with E-state index in [9.17, 15) is 0 Å². The second-order valence-electron chi connectivity index (χ2n) is 4.60. The molecule has 0 spiro atoms. The highest BCUT2D eigenvalue weighted by molar-refractivity contribution is 8.03. The van der Waals surface area contributed by atoms with Crippen LogP contribution in [0.1, 0.15) is 37.6 Å². The lowest BCUT2D eigenvalue weighted by atomic mass is 10.1. The highest BCUT2D eigenvalue weighted by Gasteiger charge is 2.21. The molecule has 1 unspecified atom stereocenters. The summed E-state index contributed by atoms with van der Waals surface area (Å²) in [6.07, 6.45) is 4.62. The summed E-state index contributed by atoms with van der Waals surface area (Å²) in [5.74, 6) is 1.35. The van der Waals surface area contributed by atoms with E-state index in [2.05, 4.69) is 31.0 Å². The van der Waals surface area contributed by atoms with E-state index in [0.29, 0.717) is 11.1 Å². The lowest BCUT2D eigenvalue weighted by Gasteiger charge is -2.11. The fourth-order valence-corrected chi connectivity index (χ4v) is 3.31. The van der Waals surface area contributed by atoms with E-state index in [4.69, 9.17) is 5.73 Å². The Balaban J connectivity index is 2.01. The predicted octanol–water partition coefficient (Wildman–Crippen LogP) is 3.77. The minimum Gasteiger partial charge on any atom is -0.384 e. The van der Waals surface area contributed by atoms with Gasteiger partial charge in [0.2, 0.25) is 0 Å². The van der Waals surface area contributed by atoms with E-state index >= 15 is 0 Å². The lowest BCUT2D eigenvalue weighted by molar-refractivity contribution is 0.658. The van der Waals surface area contributed by atoms with Gasteiger partial charge in [0.05, 0.1) is 10.9 Å². The van der Waals surface area contributed by atoms with Crippen LogP contribution < -0.4 is 5.73 Å². The number of rotatable bonds is 3. The Morgan fingerprint density at radius 3 is 3.00 bits per heavy atom. The van der Waals surface area contributed by atoms with Gasteiger partial charge in [-0.25, -0.2) is 4.98 Å². The molecule has 0 saturated carbocycles. The number of pyridine rings is 1. The fraction of sp³-hybridized carbons (Fsp3) is 0.462. The summed E-state index contributed by atoms with van der Waals surface area (Å²) in [5, 5.41) is 0.470. The molecule has 0 amide bonds. The Morgan fingerprint density at radius 1 is 1.50 bits per heavy atom. The van der Waals surface area contributed by atoms with Crippen molar-refractivity contribution in [1.29, 1.82) is 0 Å². The van der Waals surface area contributed by atoms with Crippen LogP contribution in [-0.2, 0) is 0 Å². The highest BCUT2D eigenvalue weighted by atomic mass is 32.2. The van der Waals surface area contributed by atoms with Crippen molar-refractivity contribution in [1.82, 2.24) is 4.98 Å². The number of hydrogen-bond donors (Lipinski definition) is 1. The Bertz CT molecular complexity index is 399. The van der Waals surface area contributed by atoms with Crippen molar-refractivity contribution in [3.63, 3.8) is 0 Å². The third-order valence-corrected chi connectivity index (χ3v) is 3.94. The van der Waals surface area contributed by atoms with E-state index in [-0.39, 0.29) is 0 Å². The molecule has 1 atom stereocenters. The molecule has 3 heteroatoms. The van der Waals surface area contributed by atoms with Gasteiger partial charge >= 0.3 is 0 Å². The monoisotopic (exact) mass is 234 g/mol. The molecule has 0 aromatic carbocycles. The second-order valence-corrected chi connectivity index (χ2v) is 5.93. The number of allylic oxidation sites excluding steroid dienone is 2. The van der Waals surface area contributed by atoms with Crippen LogP contribution in [0.25, 0.3) is 0 Å². The Labute approximate surface area is 101 Å². The minimum absolute atomic E-state index is 0.470. The molecule has 2 heterocycles. The van der Waals surface area contributed by atoms with E-state index in [1.54, 1.807) is 0 Å². The molecule has 86 valence electrons. The number of thioether (sulfide) groups is 1. The van der Waals surface area contributed by atoms with Gasteiger partial charge in [-0.3, -0.25) is 0 Å². The first kappa shape index (κ1) is 11.5. The summed E-state index contributed by atoms with van der Waals surface area (Å²) in [7, 11) is 0.